The molecule has 0 saturated carbocycles. The molecule has 5 nitrogen and oxygen atoms in total. The molecule has 1 fully saturated rings. The average molecular weight is 317 g/mol. The predicted molar refractivity (Wildman–Crippen MR) is 91.3 cm³/mol. The number of aliphatic hydroxyl groups is 1. The zero-order chi connectivity index (χ0) is 16.1. The van der Waals surface area contributed by atoms with E-state index in [9.17, 15) is 5.11 Å². The highest BCUT2D eigenvalue weighted by molar-refractivity contribution is 5.82. The average Bonchev–Trinajstić information content (AvgIpc) is 3.08. The summed E-state index contributed by atoms with van der Waals surface area (Å²) in [5, 5.41) is 23.4. The first kappa shape index (κ1) is 16.4. The highest BCUT2D eigenvalue weighted by Gasteiger charge is 2.39. The molecule has 126 valence electrons. The summed E-state index contributed by atoms with van der Waals surface area (Å²) in [6.45, 7) is 2.66. The van der Waals surface area contributed by atoms with Gasteiger partial charge in [0.05, 0.1) is 17.3 Å². The van der Waals surface area contributed by atoms with Gasteiger partial charge in [-0.1, -0.05) is 18.2 Å². The Kier molecular flexibility index (Phi) is 5.30. The second-order valence-electron chi connectivity index (χ2n) is 6.56. The van der Waals surface area contributed by atoms with Gasteiger partial charge in [0, 0.05) is 37.1 Å². The Morgan fingerprint density at radius 3 is 3.09 bits per heavy atom. The molecule has 1 aliphatic heterocycles. The molecule has 3 N–H and O–H groups in total. The predicted octanol–water partition coefficient (Wildman–Crippen LogP) is 2.57. The fourth-order valence-electron chi connectivity index (χ4n) is 3.79. The van der Waals surface area contributed by atoms with Crippen LogP contribution in [0.2, 0.25) is 0 Å². The standard InChI is InChI=1S/C18H27N3O2/c1-23-11-3-2-9-18(22,15-7-5-10-19-13-15)16-8-4-6-14-12-20-21-17(14)16/h4,6,8,12,15,19,22H,2-3,5,7,9-11,13H2,1H3,(H,20,21)/t15-,18+/m1/s1. The van der Waals surface area contributed by atoms with Gasteiger partial charge in [-0.25, -0.2) is 0 Å². The van der Waals surface area contributed by atoms with Crippen molar-refractivity contribution < 1.29 is 9.84 Å². The first-order chi connectivity index (χ1) is 11.3. The van der Waals surface area contributed by atoms with Crippen LogP contribution < -0.4 is 5.32 Å². The number of fused-ring (bicyclic) bond motifs is 1. The van der Waals surface area contributed by atoms with E-state index in [0.717, 1.165) is 68.3 Å². The minimum Gasteiger partial charge on any atom is -0.385 e. The molecule has 1 saturated heterocycles. The Labute approximate surface area is 137 Å². The van der Waals surface area contributed by atoms with Crippen LogP contribution in [0.1, 0.15) is 37.7 Å². The lowest BCUT2D eigenvalue weighted by atomic mass is 9.74. The quantitative estimate of drug-likeness (QED) is 0.687. The molecule has 1 aliphatic rings. The van der Waals surface area contributed by atoms with Gasteiger partial charge in [-0.2, -0.15) is 5.10 Å². The van der Waals surface area contributed by atoms with Gasteiger partial charge in [-0.3, -0.25) is 5.10 Å². The zero-order valence-corrected chi connectivity index (χ0v) is 13.8. The molecule has 23 heavy (non-hydrogen) atoms. The number of hydrogen-bond acceptors (Lipinski definition) is 4. The van der Waals surface area contributed by atoms with E-state index in [1.165, 1.54) is 0 Å². The van der Waals surface area contributed by atoms with Crippen LogP contribution in [0, 0.1) is 5.92 Å². The van der Waals surface area contributed by atoms with E-state index >= 15 is 0 Å². The highest BCUT2D eigenvalue weighted by Crippen LogP contribution is 2.40. The van der Waals surface area contributed by atoms with Crippen molar-refractivity contribution in [2.45, 2.75) is 37.7 Å². The van der Waals surface area contributed by atoms with Gasteiger partial charge in [0.25, 0.3) is 0 Å². The maximum absolute atomic E-state index is 11.7. The van der Waals surface area contributed by atoms with Gasteiger partial charge < -0.3 is 15.2 Å². The van der Waals surface area contributed by atoms with Crippen molar-refractivity contribution in [2.75, 3.05) is 26.8 Å². The number of nitrogens with one attached hydrogen (secondary N) is 2. The smallest absolute Gasteiger partial charge is 0.0957 e. The van der Waals surface area contributed by atoms with Crippen molar-refractivity contribution in [1.82, 2.24) is 15.5 Å². The topological polar surface area (TPSA) is 70.2 Å². The van der Waals surface area contributed by atoms with Gasteiger partial charge in [-0.15, -0.1) is 0 Å². The summed E-state index contributed by atoms with van der Waals surface area (Å²) in [5.74, 6) is 0.229. The van der Waals surface area contributed by atoms with Gasteiger partial charge in [0.15, 0.2) is 0 Å². The van der Waals surface area contributed by atoms with Crippen LogP contribution in [0.15, 0.2) is 24.4 Å². The summed E-state index contributed by atoms with van der Waals surface area (Å²) in [6, 6.07) is 6.10. The summed E-state index contributed by atoms with van der Waals surface area (Å²) in [4.78, 5) is 0. The molecule has 0 aliphatic carbocycles. The summed E-state index contributed by atoms with van der Waals surface area (Å²) < 4.78 is 5.16. The molecule has 1 aromatic heterocycles. The van der Waals surface area contributed by atoms with Gasteiger partial charge in [0.1, 0.15) is 0 Å². The Balaban J connectivity index is 1.91. The fraction of sp³-hybridized carbons (Fsp3) is 0.611. The number of para-hydroxylation sites is 1. The third kappa shape index (κ3) is 3.42. The van der Waals surface area contributed by atoms with Crippen molar-refractivity contribution in [3.8, 4) is 0 Å². The molecule has 2 heterocycles. The number of rotatable bonds is 7. The third-order valence-electron chi connectivity index (χ3n) is 5.07. The summed E-state index contributed by atoms with van der Waals surface area (Å²) in [6.07, 6.45) is 6.66. The number of ether oxygens (including phenoxy) is 1. The number of unbranched alkanes of at least 4 members (excludes halogenated alkanes) is 1. The lowest BCUT2D eigenvalue weighted by Crippen LogP contribution is -2.44. The maximum atomic E-state index is 11.7. The second-order valence-corrected chi connectivity index (χ2v) is 6.56. The van der Waals surface area contributed by atoms with Gasteiger partial charge in [0.2, 0.25) is 0 Å². The molecular formula is C18H27N3O2. The molecule has 0 spiro atoms. The fourth-order valence-corrected chi connectivity index (χ4v) is 3.79. The normalized spacial score (nSPS) is 21.4. The van der Waals surface area contributed by atoms with Crippen molar-refractivity contribution in [3.63, 3.8) is 0 Å². The maximum Gasteiger partial charge on any atom is 0.0957 e. The molecule has 3 rings (SSSR count). The first-order valence-electron chi connectivity index (χ1n) is 8.60. The Morgan fingerprint density at radius 2 is 2.30 bits per heavy atom. The molecule has 0 bridgehead atoms. The molecule has 1 aromatic carbocycles. The molecule has 2 aromatic rings. The summed E-state index contributed by atoms with van der Waals surface area (Å²) >= 11 is 0. The van der Waals surface area contributed by atoms with Crippen LogP contribution >= 0.6 is 0 Å². The highest BCUT2D eigenvalue weighted by atomic mass is 16.5. The summed E-state index contributed by atoms with van der Waals surface area (Å²) in [5.41, 5.74) is 1.12. The SMILES string of the molecule is COCCCC[C@@](O)(c1cccc2cn[nH]c12)[C@@H]1CCCNC1. The van der Waals surface area contributed by atoms with E-state index < -0.39 is 5.60 Å². The lowest BCUT2D eigenvalue weighted by molar-refractivity contribution is -0.0423. The number of methoxy groups -OCH3 is 1. The van der Waals surface area contributed by atoms with Crippen LogP contribution in [0.5, 0.6) is 0 Å². The number of hydrogen-bond donors (Lipinski definition) is 3. The van der Waals surface area contributed by atoms with Crippen molar-refractivity contribution in [3.05, 3.63) is 30.0 Å². The van der Waals surface area contributed by atoms with Crippen molar-refractivity contribution in [1.29, 1.82) is 0 Å². The number of benzene rings is 1. The Bertz CT molecular complexity index is 622. The number of piperidine rings is 1. The number of aromatic amines is 1. The van der Waals surface area contributed by atoms with Crippen LogP contribution in [-0.4, -0.2) is 42.1 Å². The molecule has 0 unspecified atom stereocenters. The van der Waals surface area contributed by atoms with E-state index in [2.05, 4.69) is 15.5 Å². The molecule has 0 amide bonds. The summed E-state index contributed by atoms with van der Waals surface area (Å²) in [7, 11) is 1.72. The number of aromatic nitrogens is 2. The number of nitrogens with zero attached hydrogens (tertiary/aromatic N) is 1. The monoisotopic (exact) mass is 317 g/mol. The molecule has 5 heteroatoms. The second kappa shape index (κ2) is 7.43. The van der Waals surface area contributed by atoms with Crippen LogP contribution in [0.3, 0.4) is 0 Å². The van der Waals surface area contributed by atoms with E-state index in [0.29, 0.717) is 0 Å². The third-order valence-corrected chi connectivity index (χ3v) is 5.07. The zero-order valence-electron chi connectivity index (χ0n) is 13.8. The lowest BCUT2D eigenvalue weighted by Gasteiger charge is -2.39. The largest absolute Gasteiger partial charge is 0.385 e. The van der Waals surface area contributed by atoms with Crippen LogP contribution in [0.4, 0.5) is 0 Å². The van der Waals surface area contributed by atoms with Crippen molar-refractivity contribution >= 4 is 10.9 Å². The Hall–Kier alpha value is -1.43. The molecule has 2 atom stereocenters. The van der Waals surface area contributed by atoms with E-state index in [4.69, 9.17) is 4.74 Å². The van der Waals surface area contributed by atoms with E-state index in [1.54, 1.807) is 7.11 Å². The molecule has 0 radical (unpaired) electrons. The first-order valence-corrected chi connectivity index (χ1v) is 8.60. The van der Waals surface area contributed by atoms with Crippen molar-refractivity contribution in [2.24, 2.45) is 5.92 Å². The van der Waals surface area contributed by atoms with E-state index in [1.807, 2.05) is 24.4 Å². The number of H-pyrrole nitrogens is 1. The minimum atomic E-state index is -0.826. The van der Waals surface area contributed by atoms with Gasteiger partial charge in [-0.05, 0) is 38.6 Å². The van der Waals surface area contributed by atoms with E-state index in [-0.39, 0.29) is 5.92 Å². The molecular weight excluding hydrogens is 290 g/mol. The van der Waals surface area contributed by atoms with Crippen LogP contribution in [-0.2, 0) is 10.3 Å². The Morgan fingerprint density at radius 1 is 1.39 bits per heavy atom. The minimum absolute atomic E-state index is 0.229. The van der Waals surface area contributed by atoms with Gasteiger partial charge >= 0.3 is 0 Å². The van der Waals surface area contributed by atoms with Crippen LogP contribution in [0.25, 0.3) is 10.9 Å².